The Bertz CT molecular complexity index is 584. The van der Waals surface area contributed by atoms with Crippen LogP contribution in [0.5, 0.6) is 0 Å². The fourth-order valence-corrected chi connectivity index (χ4v) is 2.39. The molecule has 1 heterocycles. The largest absolute Gasteiger partial charge is 0.344 e. The number of hydrogen-bond acceptors (Lipinski definition) is 1. The maximum Gasteiger partial charge on any atom is 0.182 e. The van der Waals surface area contributed by atoms with Crippen LogP contribution >= 0.6 is 11.6 Å². The first-order valence-electron chi connectivity index (χ1n) is 6.39. The van der Waals surface area contributed by atoms with Gasteiger partial charge in [-0.05, 0) is 32.4 Å². The summed E-state index contributed by atoms with van der Waals surface area (Å²) in [5.41, 5.74) is 4.03. The second kappa shape index (κ2) is 5.62. The van der Waals surface area contributed by atoms with Gasteiger partial charge in [-0.15, -0.1) is 11.6 Å². The number of rotatable bonds is 4. The van der Waals surface area contributed by atoms with E-state index >= 15 is 0 Å². The van der Waals surface area contributed by atoms with Gasteiger partial charge in [-0.3, -0.25) is 4.79 Å². The lowest BCUT2D eigenvalue weighted by atomic mass is 10.1. The van der Waals surface area contributed by atoms with Gasteiger partial charge in [0.05, 0.1) is 5.38 Å². The Morgan fingerprint density at radius 3 is 2.47 bits per heavy atom. The minimum absolute atomic E-state index is 0.00548. The Labute approximate surface area is 119 Å². The number of aryl methyl sites for hydroxylation is 1. The molecule has 0 N–H and O–H groups in total. The third-order valence-electron chi connectivity index (χ3n) is 3.38. The lowest BCUT2D eigenvalue weighted by Gasteiger charge is -2.10. The molecule has 19 heavy (non-hydrogen) atoms. The van der Waals surface area contributed by atoms with Gasteiger partial charge in [0.1, 0.15) is 0 Å². The Morgan fingerprint density at radius 1 is 1.26 bits per heavy atom. The number of carbonyl (C=O) groups excluding carboxylic acids is 1. The van der Waals surface area contributed by atoms with Crippen molar-refractivity contribution in [1.82, 2.24) is 4.57 Å². The van der Waals surface area contributed by atoms with Crippen LogP contribution in [0.3, 0.4) is 0 Å². The number of Topliss-reactive ketones (excluding diaryl/α,β-unsaturated/α-hetero) is 1. The molecule has 0 aliphatic rings. The zero-order valence-corrected chi connectivity index (χ0v) is 12.2. The summed E-state index contributed by atoms with van der Waals surface area (Å²) in [6.07, 6.45) is 0. The molecular formula is C16H18ClNO. The van der Waals surface area contributed by atoms with E-state index in [2.05, 4.69) is 16.7 Å². The van der Waals surface area contributed by atoms with E-state index in [1.165, 1.54) is 5.56 Å². The van der Waals surface area contributed by atoms with Gasteiger partial charge in [0.15, 0.2) is 5.78 Å². The standard InChI is InChI=1S/C16H18ClNO/c1-11-9-15(16(19)12(2)17)13(3)18(11)10-14-7-5-4-6-8-14/h4-9,12H,10H2,1-3H3. The summed E-state index contributed by atoms with van der Waals surface area (Å²) in [6.45, 7) is 6.49. The summed E-state index contributed by atoms with van der Waals surface area (Å²) in [5.74, 6) is -0.00548. The van der Waals surface area contributed by atoms with Gasteiger partial charge in [-0.1, -0.05) is 30.3 Å². The fourth-order valence-electron chi connectivity index (χ4n) is 2.27. The molecule has 0 bridgehead atoms. The molecule has 0 saturated carbocycles. The van der Waals surface area contributed by atoms with E-state index in [0.717, 1.165) is 23.5 Å². The third-order valence-corrected chi connectivity index (χ3v) is 3.58. The molecule has 2 nitrogen and oxygen atoms in total. The number of carbonyl (C=O) groups is 1. The van der Waals surface area contributed by atoms with Crippen molar-refractivity contribution in [2.45, 2.75) is 32.7 Å². The van der Waals surface area contributed by atoms with Crippen LogP contribution in [0.15, 0.2) is 36.4 Å². The van der Waals surface area contributed by atoms with Crippen molar-refractivity contribution < 1.29 is 4.79 Å². The number of ketones is 1. The third kappa shape index (κ3) is 2.90. The predicted molar refractivity (Wildman–Crippen MR) is 79.1 cm³/mol. The number of alkyl halides is 1. The molecule has 0 aliphatic carbocycles. The van der Waals surface area contributed by atoms with Crippen LogP contribution in [0.2, 0.25) is 0 Å². The first-order chi connectivity index (χ1) is 9.00. The average molecular weight is 276 g/mol. The molecule has 0 spiro atoms. The zero-order valence-electron chi connectivity index (χ0n) is 11.5. The second-order valence-corrected chi connectivity index (χ2v) is 5.49. The van der Waals surface area contributed by atoms with Gasteiger partial charge < -0.3 is 4.57 Å². The molecule has 1 unspecified atom stereocenters. The van der Waals surface area contributed by atoms with Crippen LogP contribution in [-0.2, 0) is 6.54 Å². The first-order valence-corrected chi connectivity index (χ1v) is 6.83. The Balaban J connectivity index is 2.35. The highest BCUT2D eigenvalue weighted by Crippen LogP contribution is 2.20. The lowest BCUT2D eigenvalue weighted by molar-refractivity contribution is 0.0991. The van der Waals surface area contributed by atoms with E-state index in [0.29, 0.717) is 0 Å². The fraction of sp³-hybridized carbons (Fsp3) is 0.312. The van der Waals surface area contributed by atoms with E-state index in [1.54, 1.807) is 6.92 Å². The van der Waals surface area contributed by atoms with Gasteiger partial charge in [0.2, 0.25) is 0 Å². The Morgan fingerprint density at radius 2 is 1.89 bits per heavy atom. The van der Waals surface area contributed by atoms with Crippen molar-refractivity contribution in [2.75, 3.05) is 0 Å². The molecule has 0 aliphatic heterocycles. The van der Waals surface area contributed by atoms with Crippen LogP contribution in [-0.4, -0.2) is 15.7 Å². The monoisotopic (exact) mass is 275 g/mol. The van der Waals surface area contributed by atoms with Crippen LogP contribution in [0.25, 0.3) is 0 Å². The van der Waals surface area contributed by atoms with Crippen LogP contribution < -0.4 is 0 Å². The van der Waals surface area contributed by atoms with E-state index in [1.807, 2.05) is 38.1 Å². The highest BCUT2D eigenvalue weighted by molar-refractivity contribution is 6.33. The number of nitrogens with zero attached hydrogens (tertiary/aromatic N) is 1. The van der Waals surface area contributed by atoms with E-state index in [-0.39, 0.29) is 5.78 Å². The topological polar surface area (TPSA) is 22.0 Å². The zero-order chi connectivity index (χ0) is 14.0. The van der Waals surface area contributed by atoms with E-state index < -0.39 is 5.38 Å². The molecule has 1 aromatic carbocycles. The summed E-state index contributed by atoms with van der Waals surface area (Å²) in [4.78, 5) is 12.0. The van der Waals surface area contributed by atoms with Crippen molar-refractivity contribution in [1.29, 1.82) is 0 Å². The van der Waals surface area contributed by atoms with Crippen molar-refractivity contribution in [2.24, 2.45) is 0 Å². The van der Waals surface area contributed by atoms with Crippen LogP contribution in [0.1, 0.15) is 34.2 Å². The van der Waals surface area contributed by atoms with E-state index in [9.17, 15) is 4.79 Å². The van der Waals surface area contributed by atoms with Crippen molar-refractivity contribution in [3.05, 3.63) is 58.9 Å². The quantitative estimate of drug-likeness (QED) is 0.611. The van der Waals surface area contributed by atoms with Gasteiger partial charge in [0.25, 0.3) is 0 Å². The van der Waals surface area contributed by atoms with Gasteiger partial charge in [0, 0.05) is 23.5 Å². The van der Waals surface area contributed by atoms with Crippen LogP contribution in [0, 0.1) is 13.8 Å². The highest BCUT2D eigenvalue weighted by atomic mass is 35.5. The summed E-state index contributed by atoms with van der Waals surface area (Å²) in [7, 11) is 0. The summed E-state index contributed by atoms with van der Waals surface area (Å²) < 4.78 is 2.15. The summed E-state index contributed by atoms with van der Waals surface area (Å²) >= 11 is 5.90. The molecule has 2 rings (SSSR count). The number of aromatic nitrogens is 1. The normalized spacial score (nSPS) is 12.4. The number of halogens is 1. The number of benzene rings is 1. The minimum Gasteiger partial charge on any atom is -0.344 e. The Hall–Kier alpha value is -1.54. The minimum atomic E-state index is -0.481. The molecule has 0 amide bonds. The molecule has 0 saturated heterocycles. The molecular weight excluding hydrogens is 258 g/mol. The molecule has 1 aromatic heterocycles. The number of hydrogen-bond donors (Lipinski definition) is 0. The molecule has 2 aromatic rings. The van der Waals surface area contributed by atoms with Crippen molar-refractivity contribution >= 4 is 17.4 Å². The lowest BCUT2D eigenvalue weighted by Crippen LogP contribution is -2.12. The van der Waals surface area contributed by atoms with Crippen LogP contribution in [0.4, 0.5) is 0 Å². The average Bonchev–Trinajstić information content (AvgIpc) is 2.67. The molecule has 3 heteroatoms. The smallest absolute Gasteiger partial charge is 0.182 e. The SMILES string of the molecule is Cc1cc(C(=O)C(C)Cl)c(C)n1Cc1ccccc1. The molecule has 100 valence electrons. The van der Waals surface area contributed by atoms with Gasteiger partial charge in [-0.2, -0.15) is 0 Å². The molecule has 0 radical (unpaired) electrons. The maximum atomic E-state index is 12.0. The molecule has 0 fully saturated rings. The van der Waals surface area contributed by atoms with E-state index in [4.69, 9.17) is 11.6 Å². The van der Waals surface area contributed by atoms with Gasteiger partial charge in [-0.25, -0.2) is 0 Å². The Kier molecular flexibility index (Phi) is 4.11. The first kappa shape index (κ1) is 13.9. The highest BCUT2D eigenvalue weighted by Gasteiger charge is 2.19. The summed E-state index contributed by atoms with van der Waals surface area (Å²) in [6, 6.07) is 12.2. The van der Waals surface area contributed by atoms with Gasteiger partial charge >= 0.3 is 0 Å². The summed E-state index contributed by atoms with van der Waals surface area (Å²) in [5, 5.41) is -0.481. The maximum absolute atomic E-state index is 12.0. The predicted octanol–water partition coefficient (Wildman–Crippen LogP) is 3.96. The second-order valence-electron chi connectivity index (χ2n) is 4.84. The molecule has 1 atom stereocenters. The van der Waals surface area contributed by atoms with Crippen molar-refractivity contribution in [3.63, 3.8) is 0 Å². The van der Waals surface area contributed by atoms with Crippen molar-refractivity contribution in [3.8, 4) is 0 Å².